The Balaban J connectivity index is 1.50. The van der Waals surface area contributed by atoms with E-state index >= 15 is 0 Å². The first-order valence-electron chi connectivity index (χ1n) is 10.5. The predicted octanol–water partition coefficient (Wildman–Crippen LogP) is 4.89. The summed E-state index contributed by atoms with van der Waals surface area (Å²) >= 11 is 0. The van der Waals surface area contributed by atoms with Crippen molar-refractivity contribution in [2.24, 2.45) is 5.92 Å². The van der Waals surface area contributed by atoms with Crippen molar-refractivity contribution in [3.63, 3.8) is 0 Å². The third-order valence-electron chi connectivity index (χ3n) is 5.88. The molecule has 3 rings (SSSR count). The Morgan fingerprint density at radius 3 is 2.33 bits per heavy atom. The van der Waals surface area contributed by atoms with Crippen LogP contribution in [0, 0.1) is 5.92 Å². The molecule has 0 bridgehead atoms. The molecule has 3 heteroatoms. The molecule has 2 aromatic rings. The van der Waals surface area contributed by atoms with Crippen molar-refractivity contribution >= 4 is 5.69 Å². The summed E-state index contributed by atoms with van der Waals surface area (Å²) in [7, 11) is 0. The molecule has 1 aliphatic rings. The van der Waals surface area contributed by atoms with E-state index < -0.39 is 6.10 Å². The summed E-state index contributed by atoms with van der Waals surface area (Å²) in [5.41, 5.74) is 3.58. The Hall–Kier alpha value is -1.84. The molecule has 1 saturated heterocycles. The van der Waals surface area contributed by atoms with Crippen LogP contribution in [0.2, 0.25) is 0 Å². The summed E-state index contributed by atoms with van der Waals surface area (Å²) in [6.07, 6.45) is 4.29. The van der Waals surface area contributed by atoms with Crippen LogP contribution in [0.1, 0.15) is 50.3 Å². The number of benzene rings is 2. The second-order valence-corrected chi connectivity index (χ2v) is 7.90. The van der Waals surface area contributed by atoms with Crippen molar-refractivity contribution in [2.75, 3.05) is 25.0 Å². The maximum Gasteiger partial charge on any atom is 0.0942 e. The Morgan fingerprint density at radius 1 is 1.04 bits per heavy atom. The van der Waals surface area contributed by atoms with E-state index in [-0.39, 0.29) is 6.04 Å². The maximum atomic E-state index is 10.8. The maximum absolute atomic E-state index is 10.8. The van der Waals surface area contributed by atoms with Crippen molar-refractivity contribution in [3.05, 3.63) is 65.7 Å². The molecule has 2 atom stereocenters. The molecule has 0 radical (unpaired) electrons. The average Bonchev–Trinajstić information content (AvgIpc) is 2.73. The van der Waals surface area contributed by atoms with E-state index in [1.807, 2.05) is 0 Å². The second kappa shape index (κ2) is 9.91. The summed E-state index contributed by atoms with van der Waals surface area (Å²) < 4.78 is 0. The van der Waals surface area contributed by atoms with Crippen LogP contribution < -0.4 is 5.32 Å². The molecule has 1 fully saturated rings. The Bertz CT molecular complexity index is 663. The summed E-state index contributed by atoms with van der Waals surface area (Å²) in [5.74, 6) is 0.761. The van der Waals surface area contributed by atoms with Gasteiger partial charge in [-0.2, -0.15) is 0 Å². The fourth-order valence-corrected chi connectivity index (χ4v) is 4.06. The zero-order valence-electron chi connectivity index (χ0n) is 16.8. The molecule has 146 valence electrons. The number of hydrogen-bond donors (Lipinski definition) is 2. The van der Waals surface area contributed by atoms with Gasteiger partial charge in [0.25, 0.3) is 0 Å². The SMILES string of the molecule is CCCNc1ccc([C@@H](O)[C@H](C)N2CCC(Cc3ccccc3)CC2)cc1. The van der Waals surface area contributed by atoms with Crippen LogP contribution in [-0.4, -0.2) is 35.7 Å². The van der Waals surface area contributed by atoms with Gasteiger partial charge in [-0.25, -0.2) is 0 Å². The van der Waals surface area contributed by atoms with E-state index in [2.05, 4.69) is 78.7 Å². The summed E-state index contributed by atoms with van der Waals surface area (Å²) in [4.78, 5) is 2.45. The lowest BCUT2D eigenvalue weighted by molar-refractivity contribution is 0.0373. The Labute approximate surface area is 164 Å². The molecule has 0 aliphatic carbocycles. The third kappa shape index (κ3) is 5.57. The summed E-state index contributed by atoms with van der Waals surface area (Å²) in [5, 5.41) is 14.2. The van der Waals surface area contributed by atoms with Crippen molar-refractivity contribution in [1.82, 2.24) is 4.90 Å². The minimum absolute atomic E-state index is 0.150. The van der Waals surface area contributed by atoms with Gasteiger partial charge in [0.05, 0.1) is 6.10 Å². The monoisotopic (exact) mass is 366 g/mol. The fraction of sp³-hybridized carbons (Fsp3) is 0.500. The molecular weight excluding hydrogens is 332 g/mol. The Morgan fingerprint density at radius 2 is 1.70 bits per heavy atom. The molecule has 2 aromatic carbocycles. The third-order valence-corrected chi connectivity index (χ3v) is 5.88. The van der Waals surface area contributed by atoms with Crippen molar-refractivity contribution < 1.29 is 5.11 Å². The van der Waals surface area contributed by atoms with Gasteiger partial charge in [0.1, 0.15) is 0 Å². The van der Waals surface area contributed by atoms with Gasteiger partial charge < -0.3 is 10.4 Å². The van der Waals surface area contributed by atoms with Crippen LogP contribution in [0.5, 0.6) is 0 Å². The number of piperidine rings is 1. The molecular formula is C24H34N2O. The quantitative estimate of drug-likeness (QED) is 0.698. The van der Waals surface area contributed by atoms with Crippen LogP contribution in [0.15, 0.2) is 54.6 Å². The lowest BCUT2D eigenvalue weighted by Crippen LogP contribution is -2.43. The number of likely N-dealkylation sites (tertiary alicyclic amines) is 1. The zero-order chi connectivity index (χ0) is 19.1. The fourth-order valence-electron chi connectivity index (χ4n) is 4.06. The highest BCUT2D eigenvalue weighted by Crippen LogP contribution is 2.28. The van der Waals surface area contributed by atoms with Crippen molar-refractivity contribution in [2.45, 2.75) is 51.7 Å². The van der Waals surface area contributed by atoms with E-state index in [1.54, 1.807) is 0 Å². The number of nitrogens with zero attached hydrogens (tertiary/aromatic N) is 1. The van der Waals surface area contributed by atoms with E-state index in [0.717, 1.165) is 43.2 Å². The Kier molecular flexibility index (Phi) is 7.31. The molecule has 0 amide bonds. The van der Waals surface area contributed by atoms with Crippen LogP contribution in [-0.2, 0) is 6.42 Å². The van der Waals surface area contributed by atoms with Gasteiger partial charge in [0.15, 0.2) is 0 Å². The number of hydrogen-bond acceptors (Lipinski definition) is 3. The zero-order valence-corrected chi connectivity index (χ0v) is 16.8. The highest BCUT2D eigenvalue weighted by Gasteiger charge is 2.27. The first-order valence-corrected chi connectivity index (χ1v) is 10.5. The molecule has 27 heavy (non-hydrogen) atoms. The highest BCUT2D eigenvalue weighted by molar-refractivity contribution is 5.45. The van der Waals surface area contributed by atoms with Crippen molar-refractivity contribution in [3.8, 4) is 0 Å². The van der Waals surface area contributed by atoms with Crippen molar-refractivity contribution in [1.29, 1.82) is 0 Å². The number of anilines is 1. The number of aliphatic hydroxyl groups excluding tert-OH is 1. The molecule has 0 spiro atoms. The van der Waals surface area contributed by atoms with Gasteiger partial charge in [0.2, 0.25) is 0 Å². The second-order valence-electron chi connectivity index (χ2n) is 7.90. The van der Waals surface area contributed by atoms with Gasteiger partial charge in [-0.05, 0) is 74.9 Å². The van der Waals surface area contributed by atoms with Gasteiger partial charge >= 0.3 is 0 Å². The average molecular weight is 367 g/mol. The van der Waals surface area contributed by atoms with E-state index in [0.29, 0.717) is 0 Å². The van der Waals surface area contributed by atoms with Gasteiger partial charge in [-0.1, -0.05) is 49.4 Å². The van der Waals surface area contributed by atoms with E-state index in [9.17, 15) is 5.11 Å². The predicted molar refractivity (Wildman–Crippen MR) is 114 cm³/mol. The van der Waals surface area contributed by atoms with Crippen LogP contribution >= 0.6 is 0 Å². The summed E-state index contributed by atoms with van der Waals surface area (Å²) in [6.45, 7) is 7.45. The topological polar surface area (TPSA) is 35.5 Å². The molecule has 3 nitrogen and oxygen atoms in total. The molecule has 0 saturated carbocycles. The molecule has 0 unspecified atom stereocenters. The lowest BCUT2D eigenvalue weighted by atomic mass is 9.89. The molecule has 1 aliphatic heterocycles. The normalized spacial score (nSPS) is 18.2. The molecule has 1 heterocycles. The first kappa shape index (κ1) is 19.9. The number of rotatable bonds is 8. The lowest BCUT2D eigenvalue weighted by Gasteiger charge is -2.38. The number of nitrogens with one attached hydrogen (secondary N) is 1. The highest BCUT2D eigenvalue weighted by atomic mass is 16.3. The van der Waals surface area contributed by atoms with Crippen LogP contribution in [0.3, 0.4) is 0 Å². The van der Waals surface area contributed by atoms with Crippen LogP contribution in [0.25, 0.3) is 0 Å². The molecule has 0 aromatic heterocycles. The minimum Gasteiger partial charge on any atom is -0.387 e. The standard InChI is InChI=1S/C24H34N2O/c1-3-15-25-23-11-9-22(10-12-23)24(27)19(2)26-16-13-21(14-17-26)18-20-7-5-4-6-8-20/h4-12,19,21,24-25,27H,3,13-18H2,1-2H3/t19-,24-/m0/s1. The number of aliphatic hydroxyl groups is 1. The molecule has 2 N–H and O–H groups in total. The van der Waals surface area contributed by atoms with Crippen LogP contribution in [0.4, 0.5) is 5.69 Å². The smallest absolute Gasteiger partial charge is 0.0942 e. The van der Waals surface area contributed by atoms with E-state index in [1.165, 1.54) is 24.8 Å². The largest absolute Gasteiger partial charge is 0.387 e. The van der Waals surface area contributed by atoms with Gasteiger partial charge in [-0.15, -0.1) is 0 Å². The van der Waals surface area contributed by atoms with Gasteiger partial charge in [0, 0.05) is 18.3 Å². The van der Waals surface area contributed by atoms with E-state index in [4.69, 9.17) is 0 Å². The van der Waals surface area contributed by atoms with Gasteiger partial charge in [-0.3, -0.25) is 4.90 Å². The first-order chi connectivity index (χ1) is 13.2. The summed E-state index contributed by atoms with van der Waals surface area (Å²) in [6, 6.07) is 19.2. The minimum atomic E-state index is -0.434.